The van der Waals surface area contributed by atoms with Crippen LogP contribution in [0.4, 0.5) is 10.5 Å². The zero-order valence-corrected chi connectivity index (χ0v) is 31.0. The minimum Gasteiger partial charge on any atom is -0.457 e. The molecule has 16 heteroatoms. The summed E-state index contributed by atoms with van der Waals surface area (Å²) < 4.78 is 38.1. The zero-order chi connectivity index (χ0) is 38.4. The largest absolute Gasteiger partial charge is 0.457 e. The Morgan fingerprint density at radius 3 is 2.12 bits per heavy atom. The van der Waals surface area contributed by atoms with E-state index in [9.17, 15) is 41.7 Å². The van der Waals surface area contributed by atoms with Gasteiger partial charge in [0.2, 0.25) is 0 Å². The number of hydrogen-bond acceptors (Lipinski definition) is 11. The number of ether oxygens (including phenoxy) is 1. The molecular weight excluding hydrogens is 696 g/mol. The van der Waals surface area contributed by atoms with Crippen molar-refractivity contribution in [2.24, 2.45) is 5.41 Å². The number of imide groups is 3. The number of fused-ring (bicyclic) bond motifs is 1. The summed E-state index contributed by atoms with van der Waals surface area (Å²) in [4.78, 5) is 84.8. The third kappa shape index (κ3) is 9.73. The molecular formula is C36H46N4O11S. The van der Waals surface area contributed by atoms with Crippen molar-refractivity contribution in [2.45, 2.75) is 79.6 Å². The molecule has 0 aliphatic carbocycles. The second-order valence-electron chi connectivity index (χ2n) is 13.6. The van der Waals surface area contributed by atoms with Crippen LogP contribution in [0.2, 0.25) is 0 Å². The normalized spacial score (nSPS) is 18.3. The second-order valence-corrected chi connectivity index (χ2v) is 15.2. The van der Waals surface area contributed by atoms with Gasteiger partial charge in [-0.25, -0.2) is 9.59 Å². The molecule has 0 unspecified atom stereocenters. The molecule has 0 saturated carbocycles. The molecule has 0 atom stereocenters. The zero-order valence-electron chi connectivity index (χ0n) is 30.2. The maximum absolute atomic E-state index is 13.7. The molecule has 1 N–H and O–H groups in total. The Labute approximate surface area is 303 Å². The predicted octanol–water partition coefficient (Wildman–Crippen LogP) is 4.40. The molecule has 3 aliphatic heterocycles. The summed E-state index contributed by atoms with van der Waals surface area (Å²) in [5, 5.41) is 0.463. The number of nitrogens with zero attached hydrogens (tertiary/aromatic N) is 4. The smallest absolute Gasteiger partial charge is 0.333 e. The lowest BCUT2D eigenvalue weighted by molar-refractivity contribution is -0.197. The lowest BCUT2D eigenvalue weighted by Crippen LogP contribution is -2.56. The van der Waals surface area contributed by atoms with Crippen molar-refractivity contribution in [3.63, 3.8) is 0 Å². The van der Waals surface area contributed by atoms with Crippen LogP contribution in [0, 0.1) is 5.41 Å². The van der Waals surface area contributed by atoms with Gasteiger partial charge in [0.1, 0.15) is 17.1 Å². The minimum atomic E-state index is -4.38. The van der Waals surface area contributed by atoms with Crippen molar-refractivity contribution in [1.29, 1.82) is 0 Å². The van der Waals surface area contributed by atoms with Gasteiger partial charge in [0, 0.05) is 62.8 Å². The Morgan fingerprint density at radius 2 is 1.54 bits per heavy atom. The quantitative estimate of drug-likeness (QED) is 0.0879. The molecule has 0 bridgehead atoms. The standard InChI is InChI=1S/C36H46N4O11S/c1-6-37(7-2)24-13-15-26-28(36(3,4)5)23-25(50-29(26)22-24)14-16-27-33(44)38(35(46)39(34(27)45)20-11-21-52(47,48)49)19-10-8-9-12-32(43)51-40-30(41)17-18-31(40)42/h13-16,22-23H,6-12,17-21H2,1-5H3,(H,47,48,49)/b25-14-,27-16+. The van der Waals surface area contributed by atoms with Crippen molar-refractivity contribution in [2.75, 3.05) is 36.8 Å². The molecule has 2 saturated heterocycles. The van der Waals surface area contributed by atoms with Crippen molar-refractivity contribution in [1.82, 2.24) is 14.9 Å². The Morgan fingerprint density at radius 1 is 0.923 bits per heavy atom. The van der Waals surface area contributed by atoms with E-state index in [0.717, 1.165) is 39.7 Å². The average molecular weight is 743 g/mol. The minimum absolute atomic E-state index is 0.0275. The molecule has 0 radical (unpaired) electrons. The van der Waals surface area contributed by atoms with Crippen LogP contribution in [0.5, 0.6) is 5.75 Å². The van der Waals surface area contributed by atoms with Gasteiger partial charge in [0.05, 0.1) is 5.75 Å². The number of barbiturate groups is 1. The van der Waals surface area contributed by atoms with Crippen LogP contribution in [0.25, 0.3) is 5.57 Å². The number of rotatable bonds is 15. The first-order valence-electron chi connectivity index (χ1n) is 17.4. The van der Waals surface area contributed by atoms with Crippen LogP contribution in [-0.4, -0.2) is 95.4 Å². The molecule has 0 aromatic heterocycles. The van der Waals surface area contributed by atoms with E-state index in [-0.39, 0.29) is 62.6 Å². The molecule has 15 nitrogen and oxygen atoms in total. The van der Waals surface area contributed by atoms with Gasteiger partial charge in [0.15, 0.2) is 0 Å². The van der Waals surface area contributed by atoms with E-state index in [1.807, 2.05) is 24.3 Å². The predicted molar refractivity (Wildman–Crippen MR) is 190 cm³/mol. The number of unbranched alkanes of at least 4 members (excludes halogenated alkanes) is 2. The van der Waals surface area contributed by atoms with E-state index >= 15 is 0 Å². The van der Waals surface area contributed by atoms with E-state index in [1.165, 1.54) is 12.2 Å². The summed E-state index contributed by atoms with van der Waals surface area (Å²) in [7, 11) is -4.38. The average Bonchev–Trinajstić information content (AvgIpc) is 3.38. The van der Waals surface area contributed by atoms with Crippen LogP contribution in [0.3, 0.4) is 0 Å². The van der Waals surface area contributed by atoms with Gasteiger partial charge >= 0.3 is 12.0 Å². The van der Waals surface area contributed by atoms with Gasteiger partial charge in [-0.15, -0.1) is 5.06 Å². The Hall–Kier alpha value is -4.83. The van der Waals surface area contributed by atoms with Crippen LogP contribution in [-0.2, 0) is 38.9 Å². The van der Waals surface area contributed by atoms with Gasteiger partial charge in [0.25, 0.3) is 33.7 Å². The van der Waals surface area contributed by atoms with Crippen LogP contribution >= 0.6 is 0 Å². The van der Waals surface area contributed by atoms with Crippen LogP contribution < -0.4 is 9.64 Å². The van der Waals surface area contributed by atoms with E-state index in [0.29, 0.717) is 23.0 Å². The summed E-state index contributed by atoms with van der Waals surface area (Å²) in [5.41, 5.74) is 2.20. The van der Waals surface area contributed by atoms with Gasteiger partial charge in [-0.3, -0.25) is 33.5 Å². The van der Waals surface area contributed by atoms with Gasteiger partial charge < -0.3 is 14.5 Å². The van der Waals surface area contributed by atoms with Crippen molar-refractivity contribution < 1.29 is 51.3 Å². The lowest BCUT2D eigenvalue weighted by Gasteiger charge is -2.34. The fourth-order valence-corrected chi connectivity index (χ4v) is 6.51. The highest BCUT2D eigenvalue weighted by Crippen LogP contribution is 2.44. The first-order valence-corrected chi connectivity index (χ1v) is 19.0. The molecule has 282 valence electrons. The molecule has 0 spiro atoms. The Kier molecular flexibility index (Phi) is 12.8. The van der Waals surface area contributed by atoms with Gasteiger partial charge in [-0.2, -0.15) is 8.42 Å². The van der Waals surface area contributed by atoms with E-state index in [1.54, 1.807) is 0 Å². The Bertz CT molecular complexity index is 1800. The van der Waals surface area contributed by atoms with Crippen molar-refractivity contribution >= 4 is 57.0 Å². The number of benzene rings is 1. The number of anilines is 1. The number of allylic oxidation sites excluding steroid dienone is 4. The van der Waals surface area contributed by atoms with Crippen molar-refractivity contribution in [3.05, 3.63) is 53.3 Å². The third-order valence-corrected chi connectivity index (χ3v) is 9.58. The van der Waals surface area contributed by atoms with Crippen LogP contribution in [0.15, 0.2) is 47.8 Å². The summed E-state index contributed by atoms with van der Waals surface area (Å²) in [6, 6.07) is 5.05. The highest BCUT2D eigenvalue weighted by atomic mass is 32.2. The number of hydrogen-bond donors (Lipinski definition) is 1. The number of amides is 6. The fourth-order valence-electron chi connectivity index (χ4n) is 6.01. The summed E-state index contributed by atoms with van der Waals surface area (Å²) >= 11 is 0. The van der Waals surface area contributed by atoms with E-state index in [4.69, 9.17) is 9.57 Å². The molecule has 4 rings (SSSR count). The first kappa shape index (κ1) is 39.9. The number of carbonyl (C=O) groups excluding carboxylic acids is 6. The molecule has 52 heavy (non-hydrogen) atoms. The van der Waals surface area contributed by atoms with Gasteiger partial charge in [-0.1, -0.05) is 27.2 Å². The lowest BCUT2D eigenvalue weighted by atomic mass is 9.80. The SMILES string of the molecule is CCN(CC)c1ccc2c(c1)O/C(=C\C=C1/C(=O)N(CCCCCC(=O)ON3C(=O)CCC3=O)C(=O)N(CCCS(=O)(=O)O)C1=O)C=C2C(C)(C)C. The van der Waals surface area contributed by atoms with E-state index < -0.39 is 51.5 Å². The molecule has 1 aromatic carbocycles. The monoisotopic (exact) mass is 742 g/mol. The first-order chi connectivity index (χ1) is 24.4. The Balaban J connectivity index is 1.55. The highest BCUT2D eigenvalue weighted by molar-refractivity contribution is 7.85. The third-order valence-electron chi connectivity index (χ3n) is 8.78. The molecule has 3 aliphatic rings. The maximum atomic E-state index is 13.7. The highest BCUT2D eigenvalue weighted by Gasteiger charge is 2.41. The summed E-state index contributed by atoms with van der Waals surface area (Å²) in [6.45, 7) is 11.4. The second kappa shape index (κ2) is 16.7. The molecule has 1 aromatic rings. The van der Waals surface area contributed by atoms with Crippen LogP contribution in [0.1, 0.15) is 85.1 Å². The molecule has 6 amide bonds. The number of urea groups is 1. The van der Waals surface area contributed by atoms with Crippen molar-refractivity contribution in [3.8, 4) is 5.75 Å². The maximum Gasteiger partial charge on any atom is 0.333 e. The summed E-state index contributed by atoms with van der Waals surface area (Å²) in [5.74, 6) is -3.48. The number of carbonyl (C=O) groups is 6. The van der Waals surface area contributed by atoms with Gasteiger partial charge in [-0.05, 0) is 74.5 Å². The van der Waals surface area contributed by atoms with E-state index in [2.05, 4.69) is 39.5 Å². The fraction of sp³-hybridized carbons (Fsp3) is 0.500. The molecule has 3 heterocycles. The molecule has 2 fully saturated rings. The number of hydroxylamine groups is 2. The summed E-state index contributed by atoms with van der Waals surface area (Å²) in [6.07, 6.45) is 5.00. The topological polar surface area (TPSA) is 188 Å².